The summed E-state index contributed by atoms with van der Waals surface area (Å²) >= 11 is 0.159. The number of aromatic nitrogens is 8. The molecule has 0 unspecified atom stereocenters. The van der Waals surface area contributed by atoms with Gasteiger partial charge in [0, 0.05) is 6.20 Å². The molecule has 0 aliphatic carbocycles. The predicted molar refractivity (Wildman–Crippen MR) is 579 cm³/mol. The van der Waals surface area contributed by atoms with Crippen LogP contribution in [0.4, 0.5) is 0 Å². The van der Waals surface area contributed by atoms with Crippen molar-refractivity contribution < 1.29 is 0 Å². The molecule has 0 N–H and O–H groups in total. The second kappa shape index (κ2) is 33.5. The molecule has 0 fully saturated rings. The first-order valence-electron chi connectivity index (χ1n) is 46.6. The van der Waals surface area contributed by atoms with Crippen molar-refractivity contribution in [2.45, 2.75) is 0 Å². The van der Waals surface area contributed by atoms with Crippen LogP contribution in [0, 0.1) is 0 Å². The number of nitrogens with zero attached hydrogens (tertiary/aromatic N) is 8. The van der Waals surface area contributed by atoms with Gasteiger partial charge in [-0.05, 0) is 6.07 Å². The molecule has 0 saturated heterocycles. The van der Waals surface area contributed by atoms with Crippen LogP contribution >= 0.6 is 0 Å². The number of benzene rings is 22. The minimum Gasteiger partial charge on any atom is -0.0513 e. The summed E-state index contributed by atoms with van der Waals surface area (Å²) < 4.78 is 5.64. The van der Waals surface area contributed by atoms with E-state index in [0.29, 0.717) is 34.9 Å². The van der Waals surface area contributed by atoms with Crippen molar-refractivity contribution in [2.75, 3.05) is 0 Å². The number of rotatable bonds is 12. The third-order valence-electron chi connectivity index (χ3n) is 27.5. The maximum atomic E-state index is 5.28. The SMILES string of the molecule is c1ccc(-c2nc(-c3ccccc3)nc(-c3c4ccccc4c(-c4ccc5[se]c6c(-c7c8ccccc8c(-c8nc(-c9ccccc9)nc(-c9ccccc9)n8)c8ccccc78)cccc6c5c4)c4ccccc34)n2)cc1.c1cnc2cc(-c3c4ccccc4c(-c4ccc5[se]c6c(-c7c8ccccc8c(-c8ccc9cccnc9c8)c8ccccc78)cccc6c5c4)c4ccccc34)ccc2c1. The molecule has 8 nitrogen and oxygen atoms in total. The van der Waals surface area contributed by atoms with Gasteiger partial charge in [0.05, 0.1) is 0 Å². The summed E-state index contributed by atoms with van der Waals surface area (Å²) in [5.41, 5.74) is 22.7. The quantitative estimate of drug-likeness (QED) is 0.0880. The van der Waals surface area contributed by atoms with Gasteiger partial charge in [0.1, 0.15) is 0 Å². The summed E-state index contributed by atoms with van der Waals surface area (Å²) in [4.78, 5) is 40.6. The topological polar surface area (TPSA) is 103 Å². The van der Waals surface area contributed by atoms with Crippen molar-refractivity contribution in [3.8, 4) is 135 Å². The fourth-order valence-corrected chi connectivity index (χ4v) is 26.5. The third kappa shape index (κ3) is 13.6. The Balaban J connectivity index is 0.000000143. The monoisotopic (exact) mass is 1880 g/mol. The van der Waals surface area contributed by atoms with E-state index in [1.807, 2.05) is 97.3 Å². The van der Waals surface area contributed by atoms with Gasteiger partial charge in [-0.2, -0.15) is 0 Å². The van der Waals surface area contributed by atoms with E-state index in [4.69, 9.17) is 39.9 Å². The average Bonchev–Trinajstić information content (AvgIpc) is 1.34. The van der Waals surface area contributed by atoms with Gasteiger partial charge in [0.2, 0.25) is 0 Å². The van der Waals surface area contributed by atoms with Crippen LogP contribution < -0.4 is 0 Å². The first-order chi connectivity index (χ1) is 68.5. The van der Waals surface area contributed by atoms with Crippen molar-refractivity contribution in [3.63, 3.8) is 0 Å². The Hall–Kier alpha value is -17.2. The molecule has 28 rings (SSSR count). The van der Waals surface area contributed by atoms with Crippen LogP contribution in [0.3, 0.4) is 0 Å². The van der Waals surface area contributed by atoms with Crippen molar-refractivity contribution in [2.24, 2.45) is 0 Å². The predicted octanol–water partition coefficient (Wildman–Crippen LogP) is 32.8. The van der Waals surface area contributed by atoms with Crippen LogP contribution in [-0.4, -0.2) is 68.9 Å². The van der Waals surface area contributed by atoms with E-state index in [0.717, 1.165) is 98.3 Å². The van der Waals surface area contributed by atoms with Crippen molar-refractivity contribution in [1.82, 2.24) is 39.9 Å². The van der Waals surface area contributed by atoms with Gasteiger partial charge in [0.15, 0.2) is 0 Å². The maximum absolute atomic E-state index is 5.28. The van der Waals surface area contributed by atoms with Crippen molar-refractivity contribution in [3.05, 3.63) is 461 Å². The molecule has 0 atom stereocenters. The molecule has 138 heavy (non-hydrogen) atoms. The van der Waals surface area contributed by atoms with Crippen LogP contribution in [0.15, 0.2) is 461 Å². The van der Waals surface area contributed by atoms with Gasteiger partial charge < -0.3 is 0 Å². The summed E-state index contributed by atoms with van der Waals surface area (Å²) in [6.45, 7) is 0. The fraction of sp³-hybridized carbons (Fsp3) is 0. The molecule has 0 spiro atoms. The normalized spacial score (nSPS) is 11.8. The Morgan fingerprint density at radius 2 is 0.377 bits per heavy atom. The average molecular weight is 1880 g/mol. The van der Waals surface area contributed by atoms with Gasteiger partial charge in [-0.15, -0.1) is 0 Å². The van der Waals surface area contributed by atoms with E-state index in [1.54, 1.807) is 0 Å². The molecule has 6 aromatic heterocycles. The van der Waals surface area contributed by atoms with Gasteiger partial charge in [-0.1, -0.05) is 78.9 Å². The molecular formula is C128H76N8Se2. The van der Waals surface area contributed by atoms with Crippen molar-refractivity contribution >= 4 is 176 Å². The van der Waals surface area contributed by atoms with Gasteiger partial charge in [-0.25, -0.2) is 0 Å². The Morgan fingerprint density at radius 3 is 0.659 bits per heavy atom. The summed E-state index contributed by atoms with van der Waals surface area (Å²) in [5, 5.41) is 26.6. The van der Waals surface area contributed by atoms with Crippen LogP contribution in [0.5, 0.6) is 0 Å². The minimum absolute atomic E-state index is 0.0314. The summed E-state index contributed by atoms with van der Waals surface area (Å²) in [5.74, 6) is 3.85. The Kier molecular flexibility index (Phi) is 19.5. The van der Waals surface area contributed by atoms with E-state index in [1.165, 1.54) is 148 Å². The van der Waals surface area contributed by atoms with Crippen LogP contribution in [0.25, 0.3) is 282 Å². The molecule has 0 aliphatic heterocycles. The minimum atomic E-state index is 0.0314. The molecule has 28 aromatic rings. The smallest absolute Gasteiger partial charge is 0.0513 e. The van der Waals surface area contributed by atoms with Crippen molar-refractivity contribution in [1.29, 1.82) is 0 Å². The zero-order chi connectivity index (χ0) is 90.8. The Bertz CT molecular complexity index is 9530. The van der Waals surface area contributed by atoms with Gasteiger partial charge >= 0.3 is 721 Å². The second-order valence-corrected chi connectivity index (χ2v) is 39.7. The Morgan fingerprint density at radius 1 is 0.145 bits per heavy atom. The standard InChI is InChI=1S/C70H42N6Se.C58H34N2Se/c1-5-22-43(23-6-1)65-71-66(44-24-7-2-8-25-44)74-69(73-65)62-52-34-17-13-30-48(52)60(49-31-14-18-35-53(49)62)47-40-41-59-58(42-47)56-38-21-39-57(64(56)77-59)61-50-32-15-19-36-54(50)63(55-37-20-16-33-51(55)61)70-75-67(45-26-9-3-10-27-45)72-68(76-70)46-28-11-4-12-29-46;1-3-16-42-40(14-1)54(41-15-2-4-17-43(41)55(42)38-26-24-35-12-10-30-59-51(35)33-38)37-28-29-53-50(32-37)48-22-9-23-49(58(48)61-53)57-46-20-7-5-18-44(46)56(45-19-6-8-21-47(45)57)39-27-25-36-13-11-31-60-52(36)34-39/h1-42H;1-34H. The molecule has 0 saturated carbocycles. The first-order valence-corrected chi connectivity index (χ1v) is 50.0. The third-order valence-corrected chi connectivity index (χ3v) is 32.6. The zero-order valence-electron chi connectivity index (χ0n) is 74.3. The summed E-state index contributed by atoms with van der Waals surface area (Å²) in [7, 11) is 0. The molecular weight excluding hydrogens is 1810 g/mol. The molecule has 0 amide bonds. The van der Waals surface area contributed by atoms with E-state index in [2.05, 4.69) is 364 Å². The molecule has 6 heterocycles. The number of pyridine rings is 2. The second-order valence-electron chi connectivity index (χ2n) is 35.3. The van der Waals surface area contributed by atoms with Crippen LogP contribution in [-0.2, 0) is 0 Å². The van der Waals surface area contributed by atoms with E-state index in [-0.39, 0.29) is 29.0 Å². The van der Waals surface area contributed by atoms with Crippen LogP contribution in [0.1, 0.15) is 0 Å². The van der Waals surface area contributed by atoms with E-state index >= 15 is 0 Å². The summed E-state index contributed by atoms with van der Waals surface area (Å²) in [6.07, 6.45) is 3.77. The summed E-state index contributed by atoms with van der Waals surface area (Å²) in [6, 6.07) is 162. The van der Waals surface area contributed by atoms with Gasteiger partial charge in [-0.3, -0.25) is 0 Å². The number of hydrogen-bond donors (Lipinski definition) is 0. The fourth-order valence-electron chi connectivity index (χ4n) is 21.4. The molecule has 0 bridgehead atoms. The van der Waals surface area contributed by atoms with Gasteiger partial charge in [0.25, 0.3) is 0 Å². The number of hydrogen-bond acceptors (Lipinski definition) is 8. The van der Waals surface area contributed by atoms with Crippen LogP contribution in [0.2, 0.25) is 0 Å². The number of fused-ring (bicyclic) bond motifs is 16. The molecule has 0 aliphatic rings. The first kappa shape index (κ1) is 80.4. The molecule has 10 heteroatoms. The Labute approximate surface area is 805 Å². The van der Waals surface area contributed by atoms with E-state index in [9.17, 15) is 0 Å². The van der Waals surface area contributed by atoms with E-state index < -0.39 is 0 Å². The zero-order valence-corrected chi connectivity index (χ0v) is 77.7. The molecule has 640 valence electrons. The molecule has 0 radical (unpaired) electrons. The molecule has 22 aromatic carbocycles.